The quantitative estimate of drug-likeness (QED) is 0.801. The average molecular weight is 246 g/mol. The van der Waals surface area contributed by atoms with Crippen molar-refractivity contribution < 1.29 is 4.79 Å². The van der Waals surface area contributed by atoms with Crippen molar-refractivity contribution in [2.45, 2.75) is 19.8 Å². The van der Waals surface area contributed by atoms with Gasteiger partial charge in [-0.15, -0.1) is 0 Å². The predicted molar refractivity (Wildman–Crippen MR) is 75.1 cm³/mol. The second-order valence-corrected chi connectivity index (χ2v) is 5.42. The molecule has 3 heteroatoms. The van der Waals surface area contributed by atoms with Crippen molar-refractivity contribution in [1.29, 1.82) is 0 Å². The van der Waals surface area contributed by atoms with Crippen LogP contribution in [0.15, 0.2) is 24.3 Å². The van der Waals surface area contributed by atoms with Crippen molar-refractivity contribution in [3.63, 3.8) is 0 Å². The van der Waals surface area contributed by atoms with Crippen molar-refractivity contribution in [3.8, 4) is 0 Å². The lowest BCUT2D eigenvalue weighted by molar-refractivity contribution is 0.0697. The SMILES string of the molecule is CC1CCN(C(=O)c2ccc(N(C)C)cc2)CC1. The Morgan fingerprint density at radius 3 is 2.22 bits per heavy atom. The van der Waals surface area contributed by atoms with Crippen LogP contribution in [0.5, 0.6) is 0 Å². The number of piperidine rings is 1. The Labute approximate surface area is 109 Å². The van der Waals surface area contributed by atoms with Crippen molar-refractivity contribution in [2.24, 2.45) is 5.92 Å². The lowest BCUT2D eigenvalue weighted by Gasteiger charge is -2.30. The third-order valence-electron chi connectivity index (χ3n) is 3.70. The summed E-state index contributed by atoms with van der Waals surface area (Å²) in [7, 11) is 4.01. The third-order valence-corrected chi connectivity index (χ3v) is 3.70. The molecule has 0 atom stereocenters. The van der Waals surface area contributed by atoms with Crippen molar-refractivity contribution in [3.05, 3.63) is 29.8 Å². The van der Waals surface area contributed by atoms with Crippen LogP contribution in [0.1, 0.15) is 30.1 Å². The molecule has 0 unspecified atom stereocenters. The van der Waals surface area contributed by atoms with Crippen LogP contribution >= 0.6 is 0 Å². The summed E-state index contributed by atoms with van der Waals surface area (Å²) >= 11 is 0. The first-order valence-electron chi connectivity index (χ1n) is 6.64. The lowest BCUT2D eigenvalue weighted by Crippen LogP contribution is -2.37. The van der Waals surface area contributed by atoms with E-state index in [1.165, 1.54) is 0 Å². The first-order chi connectivity index (χ1) is 8.58. The Morgan fingerprint density at radius 2 is 1.72 bits per heavy atom. The smallest absolute Gasteiger partial charge is 0.253 e. The molecule has 98 valence electrons. The van der Waals surface area contributed by atoms with E-state index in [1.54, 1.807) is 0 Å². The van der Waals surface area contributed by atoms with Gasteiger partial charge in [0, 0.05) is 38.4 Å². The molecule has 0 saturated carbocycles. The van der Waals surface area contributed by atoms with Crippen LogP contribution in [-0.4, -0.2) is 38.0 Å². The minimum absolute atomic E-state index is 0.173. The lowest BCUT2D eigenvalue weighted by atomic mass is 9.98. The summed E-state index contributed by atoms with van der Waals surface area (Å²) in [6.07, 6.45) is 2.25. The molecule has 0 aliphatic carbocycles. The van der Waals surface area contributed by atoms with Gasteiger partial charge >= 0.3 is 0 Å². The Kier molecular flexibility index (Phi) is 3.90. The normalized spacial score (nSPS) is 16.7. The molecule has 1 aliphatic rings. The van der Waals surface area contributed by atoms with Gasteiger partial charge in [0.15, 0.2) is 0 Å². The van der Waals surface area contributed by atoms with Crippen molar-refractivity contribution in [1.82, 2.24) is 4.90 Å². The van der Waals surface area contributed by atoms with E-state index in [1.807, 2.05) is 48.2 Å². The van der Waals surface area contributed by atoms with E-state index in [0.29, 0.717) is 0 Å². The zero-order chi connectivity index (χ0) is 13.1. The number of anilines is 1. The van der Waals surface area contributed by atoms with E-state index in [9.17, 15) is 4.79 Å². The Balaban J connectivity index is 2.04. The van der Waals surface area contributed by atoms with Gasteiger partial charge in [0.2, 0.25) is 0 Å². The van der Waals surface area contributed by atoms with E-state index in [4.69, 9.17) is 0 Å². The zero-order valence-corrected chi connectivity index (χ0v) is 11.5. The Bertz CT molecular complexity index is 403. The maximum absolute atomic E-state index is 12.3. The highest BCUT2D eigenvalue weighted by Gasteiger charge is 2.21. The Hall–Kier alpha value is -1.51. The summed E-state index contributed by atoms with van der Waals surface area (Å²) in [5, 5.41) is 0. The van der Waals surface area contributed by atoms with Crippen LogP contribution in [0.3, 0.4) is 0 Å². The van der Waals surface area contributed by atoms with Gasteiger partial charge in [0.1, 0.15) is 0 Å². The summed E-state index contributed by atoms with van der Waals surface area (Å²) in [6.45, 7) is 4.05. The maximum atomic E-state index is 12.3. The van der Waals surface area contributed by atoms with Gasteiger partial charge in [-0.3, -0.25) is 4.79 Å². The molecular weight excluding hydrogens is 224 g/mol. The van der Waals surface area contributed by atoms with Crippen LogP contribution in [0.2, 0.25) is 0 Å². The molecule has 1 heterocycles. The van der Waals surface area contributed by atoms with Gasteiger partial charge < -0.3 is 9.80 Å². The molecule has 1 aliphatic heterocycles. The minimum Gasteiger partial charge on any atom is -0.378 e. The van der Waals surface area contributed by atoms with Crippen LogP contribution in [-0.2, 0) is 0 Å². The maximum Gasteiger partial charge on any atom is 0.253 e. The largest absolute Gasteiger partial charge is 0.378 e. The molecule has 0 aromatic heterocycles. The molecule has 1 aromatic rings. The second kappa shape index (κ2) is 5.42. The minimum atomic E-state index is 0.173. The monoisotopic (exact) mass is 246 g/mol. The topological polar surface area (TPSA) is 23.6 Å². The van der Waals surface area contributed by atoms with Crippen LogP contribution in [0.25, 0.3) is 0 Å². The fraction of sp³-hybridized carbons (Fsp3) is 0.533. The van der Waals surface area contributed by atoms with Gasteiger partial charge in [-0.1, -0.05) is 6.92 Å². The highest BCUT2D eigenvalue weighted by Crippen LogP contribution is 2.19. The van der Waals surface area contributed by atoms with E-state index in [2.05, 4.69) is 6.92 Å². The molecular formula is C15H22N2O. The molecule has 0 bridgehead atoms. The summed E-state index contributed by atoms with van der Waals surface area (Å²) in [4.78, 5) is 16.3. The number of carbonyl (C=O) groups excluding carboxylic acids is 1. The summed E-state index contributed by atoms with van der Waals surface area (Å²) in [6, 6.07) is 7.85. The summed E-state index contributed by atoms with van der Waals surface area (Å²) in [5.74, 6) is 0.928. The molecule has 1 fully saturated rings. The molecule has 18 heavy (non-hydrogen) atoms. The molecule has 0 spiro atoms. The third kappa shape index (κ3) is 2.84. The number of carbonyl (C=O) groups is 1. The van der Waals surface area contributed by atoms with Crippen LogP contribution in [0, 0.1) is 5.92 Å². The number of hydrogen-bond donors (Lipinski definition) is 0. The highest BCUT2D eigenvalue weighted by atomic mass is 16.2. The number of hydrogen-bond acceptors (Lipinski definition) is 2. The van der Waals surface area contributed by atoms with Crippen molar-refractivity contribution >= 4 is 11.6 Å². The predicted octanol–water partition coefficient (Wildman–Crippen LogP) is 2.62. The first-order valence-corrected chi connectivity index (χ1v) is 6.64. The Morgan fingerprint density at radius 1 is 1.17 bits per heavy atom. The molecule has 0 N–H and O–H groups in total. The number of rotatable bonds is 2. The number of benzene rings is 1. The van der Waals surface area contributed by atoms with E-state index in [0.717, 1.165) is 43.1 Å². The zero-order valence-electron chi connectivity index (χ0n) is 11.5. The van der Waals surface area contributed by atoms with E-state index in [-0.39, 0.29) is 5.91 Å². The molecule has 0 radical (unpaired) electrons. The van der Waals surface area contributed by atoms with Gasteiger partial charge in [-0.25, -0.2) is 0 Å². The fourth-order valence-electron chi connectivity index (χ4n) is 2.30. The second-order valence-electron chi connectivity index (χ2n) is 5.42. The number of likely N-dealkylation sites (tertiary alicyclic amines) is 1. The summed E-state index contributed by atoms with van der Waals surface area (Å²) < 4.78 is 0. The van der Waals surface area contributed by atoms with E-state index >= 15 is 0 Å². The highest BCUT2D eigenvalue weighted by molar-refractivity contribution is 5.94. The number of amides is 1. The number of nitrogens with zero attached hydrogens (tertiary/aromatic N) is 2. The van der Waals surface area contributed by atoms with Crippen LogP contribution in [0.4, 0.5) is 5.69 Å². The molecule has 3 nitrogen and oxygen atoms in total. The standard InChI is InChI=1S/C15H22N2O/c1-12-8-10-17(11-9-12)15(18)13-4-6-14(7-5-13)16(2)3/h4-7,12H,8-11H2,1-3H3. The van der Waals surface area contributed by atoms with Crippen molar-refractivity contribution in [2.75, 3.05) is 32.1 Å². The van der Waals surface area contributed by atoms with Gasteiger partial charge in [0.25, 0.3) is 5.91 Å². The van der Waals surface area contributed by atoms with Gasteiger partial charge in [-0.2, -0.15) is 0 Å². The van der Waals surface area contributed by atoms with Gasteiger partial charge in [-0.05, 0) is 43.0 Å². The molecule has 2 rings (SSSR count). The van der Waals surface area contributed by atoms with E-state index < -0.39 is 0 Å². The molecule has 1 saturated heterocycles. The summed E-state index contributed by atoms with van der Waals surface area (Å²) in [5.41, 5.74) is 1.92. The first kappa shape index (κ1) is 12.9. The van der Waals surface area contributed by atoms with Gasteiger partial charge in [0.05, 0.1) is 0 Å². The van der Waals surface area contributed by atoms with Crippen LogP contribution < -0.4 is 4.90 Å². The molecule has 1 aromatic carbocycles. The molecule has 1 amide bonds. The average Bonchev–Trinajstić information content (AvgIpc) is 2.39. The fourth-order valence-corrected chi connectivity index (χ4v) is 2.30.